The fraction of sp³-hybridized carbons (Fsp3) is 0.360. The van der Waals surface area contributed by atoms with Gasteiger partial charge in [0.2, 0.25) is 0 Å². The number of fused-ring (bicyclic) bond motifs is 1. The van der Waals surface area contributed by atoms with Crippen molar-refractivity contribution in [2.24, 2.45) is 0 Å². The molecule has 1 N–H and O–H groups in total. The molecule has 1 saturated heterocycles. The molecule has 1 aromatic carbocycles. The molecular weight excluding hydrogens is 501 g/mol. The van der Waals surface area contributed by atoms with Crippen molar-refractivity contribution in [1.29, 1.82) is 0 Å². The van der Waals surface area contributed by atoms with Crippen molar-refractivity contribution in [3.8, 4) is 11.3 Å². The Balaban J connectivity index is 1.55. The second-order valence-corrected chi connectivity index (χ2v) is 10.9. The molecular formula is C25H25ClFN7O3. The van der Waals surface area contributed by atoms with E-state index < -0.39 is 17.3 Å². The van der Waals surface area contributed by atoms with E-state index in [2.05, 4.69) is 25.6 Å². The maximum atomic E-state index is 14.2. The Morgan fingerprint density at radius 3 is 2.59 bits per heavy atom. The number of anilines is 1. The Bertz CT molecular complexity index is 1530. The van der Waals surface area contributed by atoms with E-state index in [1.165, 1.54) is 21.9 Å². The van der Waals surface area contributed by atoms with Crippen molar-refractivity contribution in [1.82, 2.24) is 30.5 Å². The van der Waals surface area contributed by atoms with E-state index in [0.29, 0.717) is 22.4 Å². The summed E-state index contributed by atoms with van der Waals surface area (Å²) in [5, 5.41) is 13.6. The Morgan fingerprint density at radius 2 is 1.95 bits per heavy atom. The average Bonchev–Trinajstić information content (AvgIpc) is 3.51. The normalized spacial score (nSPS) is 16.0. The molecule has 0 spiro atoms. The van der Waals surface area contributed by atoms with Crippen LogP contribution in [0, 0.1) is 5.82 Å². The van der Waals surface area contributed by atoms with Gasteiger partial charge in [-0.25, -0.2) is 9.37 Å². The van der Waals surface area contributed by atoms with E-state index >= 15 is 0 Å². The van der Waals surface area contributed by atoms with Gasteiger partial charge in [-0.05, 0) is 42.7 Å². The highest BCUT2D eigenvalue weighted by atomic mass is 35.5. The topological polar surface area (TPSA) is 121 Å². The first-order chi connectivity index (χ1) is 17.4. The number of carbonyl (C=O) groups excluding carboxylic acids is 2. The van der Waals surface area contributed by atoms with Crippen molar-refractivity contribution >= 4 is 40.5 Å². The molecule has 1 aliphatic heterocycles. The van der Waals surface area contributed by atoms with Crippen LogP contribution in [0.3, 0.4) is 0 Å². The van der Waals surface area contributed by atoms with Crippen molar-refractivity contribution in [2.75, 3.05) is 18.0 Å². The number of aromatic nitrogens is 5. The summed E-state index contributed by atoms with van der Waals surface area (Å²) < 4.78 is 20.3. The minimum Gasteiger partial charge on any atom is -0.449 e. The van der Waals surface area contributed by atoms with Gasteiger partial charge in [-0.3, -0.25) is 14.5 Å². The minimum atomic E-state index is -1.19. The molecule has 1 aliphatic rings. The van der Waals surface area contributed by atoms with Gasteiger partial charge in [0.25, 0.3) is 17.8 Å². The number of pyridine rings is 1. The third-order valence-electron chi connectivity index (χ3n) is 6.52. The smallest absolute Gasteiger partial charge is 0.290 e. The highest BCUT2D eigenvalue weighted by Crippen LogP contribution is 2.36. The molecule has 5 rings (SSSR count). The summed E-state index contributed by atoms with van der Waals surface area (Å²) in [7, 11) is 0. The van der Waals surface area contributed by atoms with Gasteiger partial charge >= 0.3 is 0 Å². The Kier molecular flexibility index (Phi) is 5.78. The highest BCUT2D eigenvalue weighted by molar-refractivity contribution is 6.30. The molecule has 3 aromatic heterocycles. The van der Waals surface area contributed by atoms with Crippen LogP contribution in [0.4, 0.5) is 10.3 Å². The maximum absolute atomic E-state index is 14.2. The molecule has 1 fully saturated rings. The van der Waals surface area contributed by atoms with Gasteiger partial charge in [0.15, 0.2) is 11.3 Å². The van der Waals surface area contributed by atoms with Gasteiger partial charge < -0.3 is 9.32 Å². The molecule has 0 atom stereocenters. The van der Waals surface area contributed by atoms with Gasteiger partial charge in [-0.1, -0.05) is 43.5 Å². The van der Waals surface area contributed by atoms with Crippen LogP contribution < -0.4 is 4.90 Å². The molecule has 0 radical (unpaired) electrons. The highest BCUT2D eigenvalue weighted by Gasteiger charge is 2.46. The predicted molar refractivity (Wildman–Crippen MR) is 135 cm³/mol. The molecule has 37 heavy (non-hydrogen) atoms. The zero-order chi connectivity index (χ0) is 26.7. The number of amides is 2. The van der Waals surface area contributed by atoms with Crippen molar-refractivity contribution in [2.45, 2.75) is 45.6 Å². The Labute approximate surface area is 216 Å². The third-order valence-corrected chi connectivity index (χ3v) is 6.83. The number of rotatable bonds is 3. The number of tetrazole rings is 1. The number of H-pyrrole nitrogens is 1. The van der Waals surface area contributed by atoms with E-state index in [-0.39, 0.29) is 41.1 Å². The van der Waals surface area contributed by atoms with Crippen LogP contribution in [0.2, 0.25) is 5.02 Å². The Morgan fingerprint density at radius 1 is 1.19 bits per heavy atom. The molecule has 0 saturated carbocycles. The first-order valence-corrected chi connectivity index (χ1v) is 12.0. The third kappa shape index (κ3) is 4.22. The summed E-state index contributed by atoms with van der Waals surface area (Å²) in [5.74, 6) is -1.12. The van der Waals surface area contributed by atoms with E-state index in [1.54, 1.807) is 26.0 Å². The molecule has 0 unspecified atom stereocenters. The first kappa shape index (κ1) is 24.8. The van der Waals surface area contributed by atoms with E-state index in [1.807, 2.05) is 26.8 Å². The Hall–Kier alpha value is -3.86. The number of benzene rings is 1. The van der Waals surface area contributed by atoms with Crippen molar-refractivity contribution in [3.63, 3.8) is 0 Å². The zero-order valence-electron chi connectivity index (χ0n) is 21.0. The van der Waals surface area contributed by atoms with E-state index in [0.717, 1.165) is 5.56 Å². The average molecular weight is 526 g/mol. The monoisotopic (exact) mass is 525 g/mol. The quantitative estimate of drug-likeness (QED) is 0.421. The molecule has 4 heterocycles. The van der Waals surface area contributed by atoms with Gasteiger partial charge in [0.05, 0.1) is 10.7 Å². The van der Waals surface area contributed by atoms with Crippen LogP contribution in [-0.4, -0.2) is 61.0 Å². The number of piperazine rings is 1. The van der Waals surface area contributed by atoms with Crippen LogP contribution in [0.15, 0.2) is 34.7 Å². The number of carbonyl (C=O) groups is 2. The van der Waals surface area contributed by atoms with Crippen LogP contribution in [-0.2, 0) is 10.2 Å². The zero-order valence-corrected chi connectivity index (χ0v) is 21.7. The molecule has 4 aromatic rings. The minimum absolute atomic E-state index is 0.0219. The van der Waals surface area contributed by atoms with E-state index in [9.17, 15) is 14.0 Å². The van der Waals surface area contributed by atoms with Crippen LogP contribution in [0.25, 0.3) is 22.4 Å². The lowest BCUT2D eigenvalue weighted by atomic mass is 9.86. The van der Waals surface area contributed by atoms with Gasteiger partial charge in [-0.15, -0.1) is 5.10 Å². The molecule has 10 nitrogen and oxygen atoms in total. The van der Waals surface area contributed by atoms with Gasteiger partial charge in [0, 0.05) is 30.3 Å². The summed E-state index contributed by atoms with van der Waals surface area (Å²) in [6.07, 6.45) is 0. The van der Waals surface area contributed by atoms with Crippen molar-refractivity contribution in [3.05, 3.63) is 52.5 Å². The van der Waals surface area contributed by atoms with Gasteiger partial charge in [-0.2, -0.15) is 5.21 Å². The van der Waals surface area contributed by atoms with E-state index in [4.69, 9.17) is 16.0 Å². The molecule has 192 valence electrons. The number of halogens is 2. The lowest BCUT2D eigenvalue weighted by molar-refractivity contribution is -0.130. The number of nitrogens with one attached hydrogen (secondary N) is 1. The molecule has 12 heteroatoms. The summed E-state index contributed by atoms with van der Waals surface area (Å²) in [5.41, 5.74) is 1.23. The SMILES string of the molecule is CC(C)(C)c1cc(-c2ccc(Cl)c(F)c2)nc2cc(C(=O)N3CCN(c4nn[nH]n4)C(=O)C3(C)C)oc12. The summed E-state index contributed by atoms with van der Waals surface area (Å²) in [4.78, 5) is 34.4. The number of furan rings is 1. The summed E-state index contributed by atoms with van der Waals surface area (Å²) in [6, 6.07) is 7.89. The second-order valence-electron chi connectivity index (χ2n) is 10.4. The lowest BCUT2D eigenvalue weighted by Crippen LogP contribution is -2.65. The predicted octanol–water partition coefficient (Wildman–Crippen LogP) is 4.37. The summed E-state index contributed by atoms with van der Waals surface area (Å²) in [6.45, 7) is 9.79. The van der Waals surface area contributed by atoms with Crippen LogP contribution >= 0.6 is 11.6 Å². The lowest BCUT2D eigenvalue weighted by Gasteiger charge is -2.44. The molecule has 0 aliphatic carbocycles. The standard InChI is InChI=1S/C25H25ClFN7O3/c1-24(2,3)14-11-17(13-6-7-15(26)16(27)10-13)28-18-12-19(37-20(14)18)21(35)34-9-8-33(22(36)25(34,4)5)23-29-31-32-30-23/h6-7,10-12H,8-9H2,1-5H3,(H,29,30,31,32). The molecule has 2 amide bonds. The first-order valence-electron chi connectivity index (χ1n) is 11.7. The second kappa shape index (κ2) is 8.62. The number of aromatic amines is 1. The van der Waals surface area contributed by atoms with Crippen molar-refractivity contribution < 1.29 is 18.4 Å². The molecule has 0 bridgehead atoms. The number of hydrogen-bond donors (Lipinski definition) is 1. The number of nitrogens with zero attached hydrogens (tertiary/aromatic N) is 6. The van der Waals surface area contributed by atoms with Gasteiger partial charge in [0.1, 0.15) is 16.9 Å². The fourth-order valence-corrected chi connectivity index (χ4v) is 4.58. The summed E-state index contributed by atoms with van der Waals surface area (Å²) >= 11 is 5.86. The maximum Gasteiger partial charge on any atom is 0.290 e. The fourth-order valence-electron chi connectivity index (χ4n) is 4.46. The van der Waals surface area contributed by atoms with Crippen LogP contribution in [0.5, 0.6) is 0 Å². The van der Waals surface area contributed by atoms with Crippen LogP contribution in [0.1, 0.15) is 50.7 Å². The number of hydrogen-bond acceptors (Lipinski definition) is 7. The largest absolute Gasteiger partial charge is 0.449 e.